The molecule has 0 aliphatic heterocycles. The average Bonchev–Trinajstić information content (AvgIpc) is 3.15. The summed E-state index contributed by atoms with van der Waals surface area (Å²) in [6.45, 7) is 2.46. The van der Waals surface area contributed by atoms with Gasteiger partial charge in [-0.3, -0.25) is 4.79 Å². The van der Waals surface area contributed by atoms with E-state index in [1.807, 2.05) is 0 Å². The second-order valence-corrected chi connectivity index (χ2v) is 5.31. The molecule has 0 radical (unpaired) electrons. The Morgan fingerprint density at radius 2 is 2.09 bits per heavy atom. The van der Waals surface area contributed by atoms with Gasteiger partial charge in [-0.15, -0.1) is 13.2 Å². The molecule has 0 bridgehead atoms. The van der Waals surface area contributed by atoms with Crippen molar-refractivity contribution in [3.05, 3.63) is 29.8 Å². The minimum absolute atomic E-state index is 0.248. The Morgan fingerprint density at radius 3 is 2.68 bits per heavy atom. The van der Waals surface area contributed by atoms with E-state index in [1.165, 1.54) is 18.2 Å². The fourth-order valence-electron chi connectivity index (χ4n) is 2.20. The quantitative estimate of drug-likeness (QED) is 0.785. The van der Waals surface area contributed by atoms with Gasteiger partial charge in [0.15, 0.2) is 0 Å². The number of hydrogen-bond donors (Lipinski definition) is 1. The zero-order valence-electron chi connectivity index (χ0n) is 12.2. The van der Waals surface area contributed by atoms with Crippen LogP contribution in [0.2, 0.25) is 0 Å². The van der Waals surface area contributed by atoms with Gasteiger partial charge in [0.2, 0.25) is 0 Å². The van der Waals surface area contributed by atoms with Gasteiger partial charge in [0, 0.05) is 12.1 Å². The first-order chi connectivity index (χ1) is 10.3. The van der Waals surface area contributed by atoms with Crippen LogP contribution < -0.4 is 10.1 Å². The molecule has 1 saturated carbocycles. The van der Waals surface area contributed by atoms with Crippen molar-refractivity contribution in [1.82, 2.24) is 5.32 Å². The van der Waals surface area contributed by atoms with Crippen LogP contribution in [0.15, 0.2) is 24.3 Å². The van der Waals surface area contributed by atoms with Crippen LogP contribution in [0.3, 0.4) is 0 Å². The number of esters is 1. The van der Waals surface area contributed by atoms with Gasteiger partial charge in [0.05, 0.1) is 13.0 Å². The first-order valence-corrected chi connectivity index (χ1v) is 7.07. The maximum absolute atomic E-state index is 12.2. The van der Waals surface area contributed by atoms with E-state index in [-0.39, 0.29) is 23.7 Å². The molecule has 0 atom stereocenters. The molecule has 2 rings (SSSR count). The van der Waals surface area contributed by atoms with Crippen molar-refractivity contribution in [2.24, 2.45) is 0 Å². The van der Waals surface area contributed by atoms with E-state index in [0.29, 0.717) is 18.7 Å². The molecular formula is C15H18F3NO3. The zero-order chi connectivity index (χ0) is 16.2. The van der Waals surface area contributed by atoms with E-state index in [0.717, 1.165) is 12.8 Å². The van der Waals surface area contributed by atoms with Crippen LogP contribution in [0, 0.1) is 0 Å². The maximum atomic E-state index is 12.2. The molecule has 122 valence electrons. The summed E-state index contributed by atoms with van der Waals surface area (Å²) in [7, 11) is 0. The predicted octanol–water partition coefficient (Wildman–Crippen LogP) is 3.16. The van der Waals surface area contributed by atoms with Gasteiger partial charge in [-0.1, -0.05) is 12.1 Å². The smallest absolute Gasteiger partial charge is 0.466 e. The number of halogens is 3. The number of ether oxygens (including phenoxy) is 2. The number of alkyl halides is 3. The molecule has 0 spiro atoms. The second-order valence-electron chi connectivity index (χ2n) is 5.31. The SMILES string of the molecule is CCOC(=O)CC1(NCc2cccc(OC(F)(F)F)c2)CC1. The van der Waals surface area contributed by atoms with Crippen LogP contribution in [0.1, 0.15) is 31.7 Å². The highest BCUT2D eigenvalue weighted by molar-refractivity contribution is 5.71. The predicted molar refractivity (Wildman–Crippen MR) is 73.2 cm³/mol. The highest BCUT2D eigenvalue weighted by Crippen LogP contribution is 2.39. The van der Waals surface area contributed by atoms with Gasteiger partial charge in [-0.2, -0.15) is 0 Å². The fourth-order valence-corrected chi connectivity index (χ4v) is 2.20. The second kappa shape index (κ2) is 6.56. The Balaban J connectivity index is 1.89. The van der Waals surface area contributed by atoms with Crippen LogP contribution in [-0.4, -0.2) is 24.5 Å². The molecule has 1 aromatic carbocycles. The summed E-state index contributed by atoms with van der Waals surface area (Å²) in [5.41, 5.74) is 0.379. The molecule has 4 nitrogen and oxygen atoms in total. The van der Waals surface area contributed by atoms with E-state index in [1.54, 1.807) is 13.0 Å². The molecule has 0 saturated heterocycles. The normalized spacial score (nSPS) is 16.2. The maximum Gasteiger partial charge on any atom is 0.573 e. The van der Waals surface area contributed by atoms with E-state index in [4.69, 9.17) is 4.74 Å². The van der Waals surface area contributed by atoms with E-state index < -0.39 is 6.36 Å². The first-order valence-electron chi connectivity index (χ1n) is 7.07. The third kappa shape index (κ3) is 5.22. The Bertz CT molecular complexity index is 527. The van der Waals surface area contributed by atoms with Crippen LogP contribution in [0.25, 0.3) is 0 Å². The highest BCUT2D eigenvalue weighted by atomic mass is 19.4. The lowest BCUT2D eigenvalue weighted by molar-refractivity contribution is -0.274. The van der Waals surface area contributed by atoms with Gasteiger partial charge in [0.25, 0.3) is 0 Å². The van der Waals surface area contributed by atoms with Crippen molar-refractivity contribution in [3.8, 4) is 5.75 Å². The minimum atomic E-state index is -4.70. The van der Waals surface area contributed by atoms with Gasteiger partial charge >= 0.3 is 12.3 Å². The van der Waals surface area contributed by atoms with Crippen molar-refractivity contribution in [1.29, 1.82) is 0 Å². The topological polar surface area (TPSA) is 47.6 Å². The third-order valence-corrected chi connectivity index (χ3v) is 3.44. The lowest BCUT2D eigenvalue weighted by atomic mass is 10.1. The summed E-state index contributed by atoms with van der Waals surface area (Å²) in [6, 6.07) is 5.79. The molecule has 1 aliphatic carbocycles. The largest absolute Gasteiger partial charge is 0.573 e. The monoisotopic (exact) mass is 317 g/mol. The van der Waals surface area contributed by atoms with E-state index in [2.05, 4.69) is 10.1 Å². The van der Waals surface area contributed by atoms with Gasteiger partial charge in [0.1, 0.15) is 5.75 Å². The standard InChI is InChI=1S/C15H18F3NO3/c1-2-21-13(20)9-14(6-7-14)19-10-11-4-3-5-12(8-11)22-15(16,17)18/h3-5,8,19H,2,6-7,9-10H2,1H3. The van der Waals surface area contributed by atoms with Crippen molar-refractivity contribution < 1.29 is 27.4 Å². The summed E-state index contributed by atoms with van der Waals surface area (Å²) in [5.74, 6) is -0.510. The first kappa shape index (κ1) is 16.6. The van der Waals surface area contributed by atoms with Crippen LogP contribution in [-0.2, 0) is 16.1 Å². The van der Waals surface area contributed by atoms with E-state index >= 15 is 0 Å². The average molecular weight is 317 g/mol. The Kier molecular flexibility index (Phi) is 4.95. The summed E-state index contributed by atoms with van der Waals surface area (Å²) >= 11 is 0. The lowest BCUT2D eigenvalue weighted by Gasteiger charge is -2.17. The van der Waals surface area contributed by atoms with Crippen molar-refractivity contribution in [2.45, 2.75) is 44.6 Å². The van der Waals surface area contributed by atoms with Crippen molar-refractivity contribution in [2.75, 3.05) is 6.61 Å². The molecule has 1 aliphatic rings. The molecule has 0 unspecified atom stereocenters. The summed E-state index contributed by atoms with van der Waals surface area (Å²) in [4.78, 5) is 11.5. The number of nitrogens with one attached hydrogen (secondary N) is 1. The Morgan fingerprint density at radius 1 is 1.36 bits per heavy atom. The number of benzene rings is 1. The summed E-state index contributed by atoms with van der Waals surface area (Å²) in [6.07, 6.45) is -2.72. The highest BCUT2D eigenvalue weighted by Gasteiger charge is 2.44. The Hall–Kier alpha value is -1.76. The van der Waals surface area contributed by atoms with Crippen LogP contribution >= 0.6 is 0 Å². The van der Waals surface area contributed by atoms with Crippen LogP contribution in [0.5, 0.6) is 5.75 Å². The molecule has 22 heavy (non-hydrogen) atoms. The van der Waals surface area contributed by atoms with Crippen molar-refractivity contribution in [3.63, 3.8) is 0 Å². The Labute approximate surface area is 126 Å². The summed E-state index contributed by atoms with van der Waals surface area (Å²) < 4.78 is 45.4. The van der Waals surface area contributed by atoms with Gasteiger partial charge in [-0.25, -0.2) is 0 Å². The minimum Gasteiger partial charge on any atom is -0.466 e. The van der Waals surface area contributed by atoms with Crippen LogP contribution in [0.4, 0.5) is 13.2 Å². The summed E-state index contributed by atoms with van der Waals surface area (Å²) in [5, 5.41) is 3.23. The lowest BCUT2D eigenvalue weighted by Crippen LogP contribution is -2.33. The molecule has 0 heterocycles. The van der Waals surface area contributed by atoms with Gasteiger partial charge < -0.3 is 14.8 Å². The number of carbonyl (C=O) groups is 1. The van der Waals surface area contributed by atoms with E-state index in [9.17, 15) is 18.0 Å². The zero-order valence-corrected chi connectivity index (χ0v) is 12.2. The third-order valence-electron chi connectivity index (χ3n) is 3.44. The molecule has 1 N–H and O–H groups in total. The van der Waals surface area contributed by atoms with Crippen molar-refractivity contribution >= 4 is 5.97 Å². The number of carbonyl (C=O) groups excluding carboxylic acids is 1. The van der Waals surface area contributed by atoms with Gasteiger partial charge in [-0.05, 0) is 37.5 Å². The molecule has 7 heteroatoms. The number of rotatable bonds is 7. The molecular weight excluding hydrogens is 299 g/mol. The molecule has 1 aromatic rings. The number of hydrogen-bond acceptors (Lipinski definition) is 4. The molecule has 0 amide bonds. The molecule has 1 fully saturated rings. The fraction of sp³-hybridized carbons (Fsp3) is 0.533. The molecule has 0 aromatic heterocycles.